The van der Waals surface area contributed by atoms with Gasteiger partial charge in [0.25, 0.3) is 5.91 Å². The molecule has 0 aromatic heterocycles. The number of benzene rings is 1. The standard InChI is InChI=1S/C15H18BrFN2O3/c16-12(8-10-3-1-2-6-22-10)15(21)19-9-4-5-11(14(18)20)13(17)7-9/h4-5,7,10,12H,1-3,6,8H2,(H2,18,20)(H,19,21)/t10-,12?/m0/s1. The number of ether oxygens (including phenoxy) is 1. The number of alkyl halides is 1. The molecule has 1 aliphatic rings. The number of carbonyl (C=O) groups is 2. The first-order valence-electron chi connectivity index (χ1n) is 7.13. The first kappa shape index (κ1) is 16.9. The summed E-state index contributed by atoms with van der Waals surface area (Å²) in [6, 6.07) is 3.77. The quantitative estimate of drug-likeness (QED) is 0.779. The third kappa shape index (κ3) is 4.51. The van der Waals surface area contributed by atoms with E-state index in [-0.39, 0.29) is 23.3 Å². The second-order valence-corrected chi connectivity index (χ2v) is 6.35. The van der Waals surface area contributed by atoms with E-state index in [1.165, 1.54) is 12.1 Å². The molecule has 0 aliphatic carbocycles. The fourth-order valence-corrected chi connectivity index (χ4v) is 2.88. The number of halogens is 2. The van der Waals surface area contributed by atoms with E-state index < -0.39 is 16.6 Å². The molecule has 1 aromatic carbocycles. The van der Waals surface area contributed by atoms with Crippen molar-refractivity contribution in [1.29, 1.82) is 0 Å². The summed E-state index contributed by atoms with van der Waals surface area (Å²) >= 11 is 3.33. The monoisotopic (exact) mass is 372 g/mol. The Morgan fingerprint density at radius 2 is 2.23 bits per heavy atom. The summed E-state index contributed by atoms with van der Waals surface area (Å²) in [5.41, 5.74) is 5.11. The summed E-state index contributed by atoms with van der Waals surface area (Å²) in [6.45, 7) is 0.728. The molecule has 1 unspecified atom stereocenters. The number of hydrogen-bond donors (Lipinski definition) is 2. The Morgan fingerprint density at radius 3 is 2.82 bits per heavy atom. The van der Waals surface area contributed by atoms with Gasteiger partial charge in [0.15, 0.2) is 0 Å². The highest BCUT2D eigenvalue weighted by Crippen LogP contribution is 2.22. The molecule has 120 valence electrons. The predicted octanol–water partition coefficient (Wildman–Crippen LogP) is 2.59. The summed E-state index contributed by atoms with van der Waals surface area (Å²) < 4.78 is 19.2. The first-order chi connectivity index (χ1) is 10.5. The van der Waals surface area contributed by atoms with E-state index in [2.05, 4.69) is 21.2 Å². The van der Waals surface area contributed by atoms with Gasteiger partial charge in [0, 0.05) is 12.3 Å². The number of carbonyl (C=O) groups excluding carboxylic acids is 2. The Morgan fingerprint density at radius 1 is 1.45 bits per heavy atom. The van der Waals surface area contributed by atoms with Crippen molar-refractivity contribution in [3.8, 4) is 0 Å². The number of amides is 2. The largest absolute Gasteiger partial charge is 0.378 e. The average Bonchev–Trinajstić information content (AvgIpc) is 2.47. The molecule has 7 heteroatoms. The van der Waals surface area contributed by atoms with Crippen LogP contribution in [0.1, 0.15) is 36.0 Å². The van der Waals surface area contributed by atoms with E-state index >= 15 is 0 Å². The topological polar surface area (TPSA) is 81.4 Å². The molecule has 1 aromatic rings. The Hall–Kier alpha value is -1.47. The van der Waals surface area contributed by atoms with Crippen LogP contribution in [-0.4, -0.2) is 29.4 Å². The van der Waals surface area contributed by atoms with Crippen molar-refractivity contribution in [2.24, 2.45) is 5.73 Å². The van der Waals surface area contributed by atoms with Crippen LogP contribution >= 0.6 is 15.9 Å². The highest BCUT2D eigenvalue weighted by atomic mass is 79.9. The molecule has 0 bridgehead atoms. The van der Waals surface area contributed by atoms with Crippen LogP contribution in [0.3, 0.4) is 0 Å². The van der Waals surface area contributed by atoms with Gasteiger partial charge in [-0.2, -0.15) is 0 Å². The molecular weight excluding hydrogens is 355 g/mol. The maximum absolute atomic E-state index is 13.6. The third-order valence-corrected chi connectivity index (χ3v) is 4.32. The zero-order valence-electron chi connectivity index (χ0n) is 12.0. The summed E-state index contributed by atoms with van der Waals surface area (Å²) in [6.07, 6.45) is 3.73. The minimum Gasteiger partial charge on any atom is -0.378 e. The number of anilines is 1. The number of rotatable bonds is 5. The Balaban J connectivity index is 1.93. The van der Waals surface area contributed by atoms with Crippen LogP contribution in [0, 0.1) is 5.82 Å². The van der Waals surface area contributed by atoms with Crippen molar-refractivity contribution in [3.05, 3.63) is 29.6 Å². The van der Waals surface area contributed by atoms with E-state index in [1.807, 2.05) is 0 Å². The van der Waals surface area contributed by atoms with Gasteiger partial charge in [-0.15, -0.1) is 0 Å². The summed E-state index contributed by atoms with van der Waals surface area (Å²) in [5, 5.41) is 2.60. The van der Waals surface area contributed by atoms with Gasteiger partial charge in [-0.25, -0.2) is 4.39 Å². The summed E-state index contributed by atoms with van der Waals surface area (Å²) in [5.74, 6) is -1.88. The fourth-order valence-electron chi connectivity index (χ4n) is 2.34. The molecule has 5 nitrogen and oxygen atoms in total. The van der Waals surface area contributed by atoms with E-state index in [0.29, 0.717) is 6.42 Å². The van der Waals surface area contributed by atoms with E-state index in [0.717, 1.165) is 31.9 Å². The molecule has 0 radical (unpaired) electrons. The van der Waals surface area contributed by atoms with Crippen molar-refractivity contribution in [2.45, 2.75) is 36.6 Å². The second kappa shape index (κ2) is 7.69. The van der Waals surface area contributed by atoms with Crippen LogP contribution in [-0.2, 0) is 9.53 Å². The van der Waals surface area contributed by atoms with E-state index in [9.17, 15) is 14.0 Å². The highest BCUT2D eigenvalue weighted by molar-refractivity contribution is 9.10. The lowest BCUT2D eigenvalue weighted by atomic mass is 10.0. The van der Waals surface area contributed by atoms with Crippen molar-refractivity contribution < 1.29 is 18.7 Å². The van der Waals surface area contributed by atoms with Gasteiger partial charge < -0.3 is 15.8 Å². The zero-order valence-corrected chi connectivity index (χ0v) is 13.6. The predicted molar refractivity (Wildman–Crippen MR) is 84.5 cm³/mol. The molecule has 2 atom stereocenters. The Kier molecular flexibility index (Phi) is 5.90. The Bertz CT molecular complexity index is 562. The van der Waals surface area contributed by atoms with Gasteiger partial charge in [-0.1, -0.05) is 15.9 Å². The van der Waals surface area contributed by atoms with Gasteiger partial charge in [0.05, 0.1) is 16.5 Å². The van der Waals surface area contributed by atoms with E-state index in [4.69, 9.17) is 10.5 Å². The number of hydrogen-bond acceptors (Lipinski definition) is 3. The van der Waals surface area contributed by atoms with Crippen molar-refractivity contribution in [3.63, 3.8) is 0 Å². The van der Waals surface area contributed by atoms with Gasteiger partial charge in [0.1, 0.15) is 5.82 Å². The smallest absolute Gasteiger partial charge is 0.251 e. The molecule has 2 amide bonds. The van der Waals surface area contributed by atoms with Crippen LogP contribution in [0.25, 0.3) is 0 Å². The van der Waals surface area contributed by atoms with Gasteiger partial charge in [-0.05, 0) is 43.9 Å². The number of nitrogens with two attached hydrogens (primary N) is 1. The highest BCUT2D eigenvalue weighted by Gasteiger charge is 2.23. The van der Waals surface area contributed by atoms with E-state index in [1.54, 1.807) is 0 Å². The van der Waals surface area contributed by atoms with Crippen molar-refractivity contribution in [1.82, 2.24) is 0 Å². The van der Waals surface area contributed by atoms with Crippen LogP contribution < -0.4 is 11.1 Å². The van der Waals surface area contributed by atoms with Crippen LogP contribution in [0.15, 0.2) is 18.2 Å². The molecule has 1 heterocycles. The molecule has 22 heavy (non-hydrogen) atoms. The van der Waals surface area contributed by atoms with Crippen molar-refractivity contribution >= 4 is 33.4 Å². The molecule has 0 saturated carbocycles. The molecule has 1 aliphatic heterocycles. The average molecular weight is 373 g/mol. The van der Waals surface area contributed by atoms with Gasteiger partial charge >= 0.3 is 0 Å². The lowest BCUT2D eigenvalue weighted by Gasteiger charge is -2.24. The Labute approximate surface area is 136 Å². The SMILES string of the molecule is NC(=O)c1ccc(NC(=O)C(Br)C[C@@H]2CCCCO2)cc1F. The second-order valence-electron chi connectivity index (χ2n) is 5.24. The van der Waals surface area contributed by atoms with Gasteiger partial charge in [0.2, 0.25) is 5.91 Å². The number of nitrogens with one attached hydrogen (secondary N) is 1. The maximum atomic E-state index is 13.6. The fraction of sp³-hybridized carbons (Fsp3) is 0.467. The minimum atomic E-state index is -0.844. The third-order valence-electron chi connectivity index (χ3n) is 3.53. The van der Waals surface area contributed by atoms with Gasteiger partial charge in [-0.3, -0.25) is 9.59 Å². The molecule has 0 spiro atoms. The molecule has 3 N–H and O–H groups in total. The lowest BCUT2D eigenvalue weighted by molar-refractivity contribution is -0.116. The van der Waals surface area contributed by atoms with Crippen molar-refractivity contribution in [2.75, 3.05) is 11.9 Å². The maximum Gasteiger partial charge on any atom is 0.251 e. The number of primary amides is 1. The molecule has 1 saturated heterocycles. The zero-order chi connectivity index (χ0) is 16.1. The molecule has 2 rings (SSSR count). The van der Waals surface area contributed by atoms with Crippen LogP contribution in [0.2, 0.25) is 0 Å². The minimum absolute atomic E-state index is 0.0675. The lowest BCUT2D eigenvalue weighted by Crippen LogP contribution is -2.29. The molecular formula is C15H18BrFN2O3. The normalized spacial score (nSPS) is 19.5. The van der Waals surface area contributed by atoms with Crippen LogP contribution in [0.5, 0.6) is 0 Å². The molecule has 1 fully saturated rings. The van der Waals surface area contributed by atoms with Crippen LogP contribution in [0.4, 0.5) is 10.1 Å². The first-order valence-corrected chi connectivity index (χ1v) is 8.05. The summed E-state index contributed by atoms with van der Waals surface area (Å²) in [7, 11) is 0. The summed E-state index contributed by atoms with van der Waals surface area (Å²) in [4.78, 5) is 22.6.